The van der Waals surface area contributed by atoms with Gasteiger partial charge in [-0.15, -0.1) is 12.4 Å². The van der Waals surface area contributed by atoms with Crippen LogP contribution in [0.2, 0.25) is 0 Å². The number of rotatable bonds is 9. The Morgan fingerprint density at radius 2 is 1.66 bits per heavy atom. The van der Waals surface area contributed by atoms with E-state index in [1.807, 2.05) is 43.0 Å². The average molecular weight is 476 g/mol. The Kier molecular flexibility index (Phi) is 9.49. The van der Waals surface area contributed by atoms with Crippen molar-refractivity contribution in [3.05, 3.63) is 53.1 Å². The molecule has 0 saturated carbocycles. The first-order chi connectivity index (χ1) is 14.8. The molecule has 2 aromatic carbocycles. The highest BCUT2D eigenvalue weighted by atomic mass is 35.5. The number of halogens is 1. The molecule has 0 fully saturated rings. The zero-order chi connectivity index (χ0) is 22.5. The number of amides is 1. The van der Waals surface area contributed by atoms with Crippen LogP contribution in [0.1, 0.15) is 49.2 Å². The maximum absolute atomic E-state index is 13.5. The summed E-state index contributed by atoms with van der Waals surface area (Å²) >= 11 is 1.58. The fourth-order valence-electron chi connectivity index (χ4n) is 3.45. The van der Waals surface area contributed by atoms with Crippen molar-refractivity contribution in [3.63, 3.8) is 0 Å². The molecule has 0 N–H and O–H groups in total. The van der Waals surface area contributed by atoms with Crippen molar-refractivity contribution in [2.45, 2.75) is 47.6 Å². The highest BCUT2D eigenvalue weighted by molar-refractivity contribution is 7.22. The van der Waals surface area contributed by atoms with E-state index in [1.165, 1.54) is 11.1 Å². The van der Waals surface area contributed by atoms with Gasteiger partial charge in [-0.3, -0.25) is 9.69 Å². The highest BCUT2D eigenvalue weighted by Crippen LogP contribution is 2.31. The summed E-state index contributed by atoms with van der Waals surface area (Å²) in [5.74, 6) is 0.739. The van der Waals surface area contributed by atoms with Gasteiger partial charge in [0.25, 0.3) is 5.91 Å². The number of benzene rings is 2. The number of anilines is 1. The molecule has 1 aromatic heterocycles. The molecule has 0 radical (unpaired) electrons. The number of aryl methyl sites for hydroxylation is 2. The standard InChI is InChI=1S/C25H33N3O2S.ClH/c1-7-27(8-2)13-14-28(24(29)20-9-11-21(12-10-20)30-17(3)4)25-26-22-15-18(5)19(6)16-23(22)31-25;/h9-12,15-17H,7-8,13-14H2,1-6H3;1H. The second kappa shape index (κ2) is 11.6. The van der Waals surface area contributed by atoms with E-state index in [1.54, 1.807) is 11.3 Å². The summed E-state index contributed by atoms with van der Waals surface area (Å²) in [5.41, 5.74) is 4.04. The Bertz CT molecular complexity index is 991. The average Bonchev–Trinajstić information content (AvgIpc) is 3.13. The third kappa shape index (κ3) is 6.21. The van der Waals surface area contributed by atoms with Crippen LogP contribution in [-0.4, -0.2) is 48.1 Å². The topological polar surface area (TPSA) is 45.7 Å². The van der Waals surface area contributed by atoms with Crippen LogP contribution in [0, 0.1) is 13.8 Å². The van der Waals surface area contributed by atoms with E-state index in [0.29, 0.717) is 12.1 Å². The number of thiazole rings is 1. The highest BCUT2D eigenvalue weighted by Gasteiger charge is 2.22. The Morgan fingerprint density at radius 3 is 2.25 bits per heavy atom. The van der Waals surface area contributed by atoms with Crippen LogP contribution in [-0.2, 0) is 0 Å². The minimum absolute atomic E-state index is 0. The Balaban J connectivity index is 0.00000363. The van der Waals surface area contributed by atoms with Gasteiger partial charge in [0.15, 0.2) is 5.13 Å². The SMILES string of the molecule is CCN(CC)CCN(C(=O)c1ccc(OC(C)C)cc1)c1nc2cc(C)c(C)cc2s1.Cl. The van der Waals surface area contributed by atoms with Crippen LogP contribution >= 0.6 is 23.7 Å². The van der Waals surface area contributed by atoms with Crippen LogP contribution in [0.4, 0.5) is 5.13 Å². The molecule has 0 bridgehead atoms. The minimum atomic E-state index is -0.0317. The maximum atomic E-state index is 13.5. The minimum Gasteiger partial charge on any atom is -0.491 e. The van der Waals surface area contributed by atoms with Crippen LogP contribution in [0.25, 0.3) is 10.2 Å². The van der Waals surface area contributed by atoms with E-state index in [9.17, 15) is 4.79 Å². The van der Waals surface area contributed by atoms with Gasteiger partial charge < -0.3 is 9.64 Å². The van der Waals surface area contributed by atoms with Gasteiger partial charge in [-0.25, -0.2) is 4.98 Å². The molecule has 174 valence electrons. The van der Waals surface area contributed by atoms with Gasteiger partial charge in [0.2, 0.25) is 0 Å². The molecular formula is C25H34ClN3O2S. The number of aromatic nitrogens is 1. The first-order valence-electron chi connectivity index (χ1n) is 11.0. The normalized spacial score (nSPS) is 11.1. The lowest BCUT2D eigenvalue weighted by molar-refractivity contribution is 0.0983. The van der Waals surface area contributed by atoms with E-state index >= 15 is 0 Å². The number of likely N-dealkylation sites (N-methyl/N-ethyl adjacent to an activating group) is 1. The lowest BCUT2D eigenvalue weighted by Crippen LogP contribution is -2.38. The number of fused-ring (bicyclic) bond motifs is 1. The van der Waals surface area contributed by atoms with Crippen molar-refractivity contribution in [1.82, 2.24) is 9.88 Å². The van der Waals surface area contributed by atoms with Gasteiger partial charge in [0.05, 0.1) is 16.3 Å². The lowest BCUT2D eigenvalue weighted by atomic mass is 10.1. The fourth-order valence-corrected chi connectivity index (χ4v) is 4.52. The molecule has 0 aliphatic rings. The van der Waals surface area contributed by atoms with Gasteiger partial charge in [-0.2, -0.15) is 0 Å². The largest absolute Gasteiger partial charge is 0.491 e. The predicted octanol–water partition coefficient (Wildman–Crippen LogP) is 6.11. The van der Waals surface area contributed by atoms with Crippen molar-refractivity contribution in [2.24, 2.45) is 0 Å². The van der Waals surface area contributed by atoms with E-state index in [2.05, 4.69) is 44.7 Å². The smallest absolute Gasteiger partial charge is 0.260 e. The maximum Gasteiger partial charge on any atom is 0.260 e. The summed E-state index contributed by atoms with van der Waals surface area (Å²) < 4.78 is 6.83. The fraction of sp³-hybridized carbons (Fsp3) is 0.440. The van der Waals surface area contributed by atoms with E-state index < -0.39 is 0 Å². The summed E-state index contributed by atoms with van der Waals surface area (Å²) in [6.45, 7) is 15.8. The van der Waals surface area contributed by atoms with Crippen molar-refractivity contribution < 1.29 is 9.53 Å². The third-order valence-corrected chi connectivity index (χ3v) is 6.52. The Morgan fingerprint density at radius 1 is 1.03 bits per heavy atom. The Hall–Kier alpha value is -2.15. The summed E-state index contributed by atoms with van der Waals surface area (Å²) in [6, 6.07) is 11.7. The molecule has 0 aliphatic carbocycles. The predicted molar refractivity (Wildman–Crippen MR) is 138 cm³/mol. The summed E-state index contributed by atoms with van der Waals surface area (Å²) in [4.78, 5) is 22.5. The van der Waals surface area contributed by atoms with Crippen LogP contribution in [0.5, 0.6) is 5.75 Å². The summed E-state index contributed by atoms with van der Waals surface area (Å²) in [5, 5.41) is 0.750. The van der Waals surface area contributed by atoms with Crippen molar-refractivity contribution in [2.75, 3.05) is 31.1 Å². The molecule has 0 unspecified atom stereocenters. The molecule has 32 heavy (non-hydrogen) atoms. The molecule has 3 rings (SSSR count). The summed E-state index contributed by atoms with van der Waals surface area (Å²) in [6.07, 6.45) is 0.0989. The molecule has 5 nitrogen and oxygen atoms in total. The Labute approximate surface area is 201 Å². The molecule has 7 heteroatoms. The molecule has 0 atom stereocenters. The zero-order valence-corrected chi connectivity index (χ0v) is 21.5. The lowest BCUT2D eigenvalue weighted by Gasteiger charge is -2.24. The van der Waals surface area contributed by atoms with Crippen LogP contribution < -0.4 is 9.64 Å². The van der Waals surface area contributed by atoms with Gasteiger partial charge >= 0.3 is 0 Å². The van der Waals surface area contributed by atoms with Gasteiger partial charge in [-0.1, -0.05) is 25.2 Å². The molecule has 0 aliphatic heterocycles. The van der Waals surface area contributed by atoms with Gasteiger partial charge in [0, 0.05) is 18.7 Å². The monoisotopic (exact) mass is 475 g/mol. The van der Waals surface area contributed by atoms with Gasteiger partial charge in [0.1, 0.15) is 5.75 Å². The molecule has 1 heterocycles. The number of hydrogen-bond donors (Lipinski definition) is 0. The van der Waals surface area contributed by atoms with E-state index in [4.69, 9.17) is 9.72 Å². The summed E-state index contributed by atoms with van der Waals surface area (Å²) in [7, 11) is 0. The number of hydrogen-bond acceptors (Lipinski definition) is 5. The van der Waals surface area contributed by atoms with Crippen molar-refractivity contribution >= 4 is 45.0 Å². The van der Waals surface area contributed by atoms with E-state index in [0.717, 1.165) is 40.7 Å². The molecular weight excluding hydrogens is 442 g/mol. The molecule has 1 amide bonds. The first kappa shape index (κ1) is 26.1. The number of carbonyl (C=O) groups excluding carboxylic acids is 1. The molecule has 0 spiro atoms. The molecule has 0 saturated heterocycles. The number of nitrogens with zero attached hydrogens (tertiary/aromatic N) is 3. The number of carbonyl (C=O) groups is 1. The second-order valence-electron chi connectivity index (χ2n) is 8.08. The van der Waals surface area contributed by atoms with Gasteiger partial charge in [-0.05, 0) is 88.3 Å². The molecule has 3 aromatic rings. The first-order valence-corrected chi connectivity index (χ1v) is 11.8. The number of ether oxygens (including phenoxy) is 1. The van der Waals surface area contributed by atoms with Crippen molar-refractivity contribution in [1.29, 1.82) is 0 Å². The van der Waals surface area contributed by atoms with Crippen LogP contribution in [0.15, 0.2) is 36.4 Å². The quantitative estimate of drug-likeness (QED) is 0.374. The zero-order valence-electron chi connectivity index (χ0n) is 19.8. The third-order valence-electron chi connectivity index (χ3n) is 5.48. The van der Waals surface area contributed by atoms with Crippen molar-refractivity contribution in [3.8, 4) is 5.75 Å². The van der Waals surface area contributed by atoms with Crippen LogP contribution in [0.3, 0.4) is 0 Å². The second-order valence-corrected chi connectivity index (χ2v) is 9.08. The van der Waals surface area contributed by atoms with E-state index in [-0.39, 0.29) is 24.4 Å².